The molecule has 1 saturated carbocycles. The Kier molecular flexibility index (Phi) is 9.21. The van der Waals surface area contributed by atoms with E-state index in [2.05, 4.69) is 22.2 Å². The van der Waals surface area contributed by atoms with Crippen LogP contribution in [-0.2, 0) is 6.42 Å². The summed E-state index contributed by atoms with van der Waals surface area (Å²) < 4.78 is 5.32. The van der Waals surface area contributed by atoms with Crippen molar-refractivity contribution in [3.8, 4) is 0 Å². The summed E-state index contributed by atoms with van der Waals surface area (Å²) >= 11 is 0. The highest BCUT2D eigenvalue weighted by Crippen LogP contribution is 2.17. The van der Waals surface area contributed by atoms with Gasteiger partial charge in [-0.2, -0.15) is 0 Å². The number of hydrogen-bond acceptors (Lipinski definition) is 2. The average Bonchev–Trinajstić information content (AvgIpc) is 2.99. The third-order valence-corrected chi connectivity index (χ3v) is 3.57. The maximum atomic E-state index is 5.32. The molecule has 1 fully saturated rings. The van der Waals surface area contributed by atoms with Gasteiger partial charge < -0.3 is 15.1 Å². The molecule has 0 aromatic carbocycles. The van der Waals surface area contributed by atoms with E-state index in [-0.39, 0.29) is 24.0 Å². The van der Waals surface area contributed by atoms with Gasteiger partial charge in [-0.3, -0.25) is 4.99 Å². The van der Waals surface area contributed by atoms with Crippen molar-refractivity contribution in [2.45, 2.75) is 44.6 Å². The van der Waals surface area contributed by atoms with E-state index in [4.69, 9.17) is 4.42 Å². The Hall–Kier alpha value is -0.980. The molecular formula is C16H26IN3O. The van der Waals surface area contributed by atoms with E-state index in [1.807, 2.05) is 18.2 Å². The van der Waals surface area contributed by atoms with Crippen molar-refractivity contribution in [2.24, 2.45) is 4.99 Å². The molecule has 0 radical (unpaired) electrons. The Morgan fingerprint density at radius 1 is 1.38 bits per heavy atom. The predicted octanol–water partition coefficient (Wildman–Crippen LogP) is 3.49. The van der Waals surface area contributed by atoms with Gasteiger partial charge in [0, 0.05) is 25.6 Å². The second-order valence-corrected chi connectivity index (χ2v) is 5.21. The van der Waals surface area contributed by atoms with E-state index in [1.165, 1.54) is 32.1 Å². The van der Waals surface area contributed by atoms with E-state index in [1.54, 1.807) is 6.26 Å². The highest BCUT2D eigenvalue weighted by atomic mass is 127. The van der Waals surface area contributed by atoms with Crippen LogP contribution in [0.3, 0.4) is 0 Å². The standard InChI is InChI=1S/C16H25N3O.HI/c1-2-11-17-16(19-14-7-4-3-5-8-14)18-12-10-15-9-6-13-20-15;/h2,6,9,13-14H,1,3-5,7-8,10-12H2,(H2,17,18,19);1H. The minimum atomic E-state index is 0. The molecule has 21 heavy (non-hydrogen) atoms. The molecule has 0 atom stereocenters. The maximum absolute atomic E-state index is 5.32. The van der Waals surface area contributed by atoms with Gasteiger partial charge in [0.2, 0.25) is 0 Å². The summed E-state index contributed by atoms with van der Waals surface area (Å²) in [5.74, 6) is 1.87. The number of guanidine groups is 1. The minimum absolute atomic E-state index is 0. The van der Waals surface area contributed by atoms with Crippen molar-refractivity contribution >= 4 is 29.9 Å². The topological polar surface area (TPSA) is 49.6 Å². The van der Waals surface area contributed by atoms with Gasteiger partial charge in [-0.05, 0) is 25.0 Å². The van der Waals surface area contributed by atoms with Crippen molar-refractivity contribution in [1.82, 2.24) is 10.6 Å². The lowest BCUT2D eigenvalue weighted by Gasteiger charge is -2.24. The second kappa shape index (κ2) is 10.7. The van der Waals surface area contributed by atoms with Crippen LogP contribution in [0, 0.1) is 0 Å². The molecule has 2 N–H and O–H groups in total. The van der Waals surface area contributed by atoms with Gasteiger partial charge in [0.05, 0.1) is 6.26 Å². The first kappa shape index (κ1) is 18.1. The van der Waals surface area contributed by atoms with Crippen molar-refractivity contribution in [2.75, 3.05) is 13.1 Å². The summed E-state index contributed by atoms with van der Waals surface area (Å²) in [6, 6.07) is 4.46. The third kappa shape index (κ3) is 7.02. The van der Waals surface area contributed by atoms with Crippen molar-refractivity contribution in [1.29, 1.82) is 0 Å². The predicted molar refractivity (Wildman–Crippen MR) is 98.3 cm³/mol. The molecule has 1 aliphatic rings. The smallest absolute Gasteiger partial charge is 0.191 e. The fraction of sp³-hybridized carbons (Fsp3) is 0.562. The quantitative estimate of drug-likeness (QED) is 0.331. The van der Waals surface area contributed by atoms with Crippen molar-refractivity contribution < 1.29 is 4.42 Å². The van der Waals surface area contributed by atoms with E-state index in [0.29, 0.717) is 6.04 Å². The highest BCUT2D eigenvalue weighted by molar-refractivity contribution is 14.0. The van der Waals surface area contributed by atoms with Crippen LogP contribution < -0.4 is 10.6 Å². The number of nitrogens with one attached hydrogen (secondary N) is 2. The molecule has 0 unspecified atom stereocenters. The minimum Gasteiger partial charge on any atom is -0.469 e. The highest BCUT2D eigenvalue weighted by Gasteiger charge is 2.14. The fourth-order valence-corrected chi connectivity index (χ4v) is 2.49. The summed E-state index contributed by atoms with van der Waals surface area (Å²) in [4.78, 5) is 4.62. The Morgan fingerprint density at radius 2 is 2.19 bits per heavy atom. The summed E-state index contributed by atoms with van der Waals surface area (Å²) in [6.45, 7) is 5.20. The van der Waals surface area contributed by atoms with Crippen LogP contribution in [0.2, 0.25) is 0 Å². The second-order valence-electron chi connectivity index (χ2n) is 5.21. The Bertz CT molecular complexity index is 411. The van der Waals surface area contributed by atoms with E-state index < -0.39 is 0 Å². The first-order valence-electron chi connectivity index (χ1n) is 7.56. The Balaban J connectivity index is 0.00000220. The molecule has 1 aromatic heterocycles. The van der Waals surface area contributed by atoms with Gasteiger partial charge in [0.1, 0.15) is 5.76 Å². The van der Waals surface area contributed by atoms with Crippen molar-refractivity contribution in [3.05, 3.63) is 36.8 Å². The van der Waals surface area contributed by atoms with Crippen LogP contribution in [0.1, 0.15) is 37.9 Å². The average molecular weight is 403 g/mol. The molecule has 118 valence electrons. The normalized spacial score (nSPS) is 16.1. The number of nitrogens with zero attached hydrogens (tertiary/aromatic N) is 1. The molecule has 5 heteroatoms. The number of hydrogen-bond donors (Lipinski definition) is 2. The zero-order valence-electron chi connectivity index (χ0n) is 12.5. The van der Waals surface area contributed by atoms with Crippen LogP contribution in [0.25, 0.3) is 0 Å². The lowest BCUT2D eigenvalue weighted by Crippen LogP contribution is -2.44. The number of halogens is 1. The first-order chi connectivity index (χ1) is 9.88. The number of furan rings is 1. The summed E-state index contributed by atoms with van der Waals surface area (Å²) in [5.41, 5.74) is 0. The maximum Gasteiger partial charge on any atom is 0.191 e. The van der Waals surface area contributed by atoms with Gasteiger partial charge >= 0.3 is 0 Å². The van der Waals surface area contributed by atoms with Gasteiger partial charge in [-0.25, -0.2) is 0 Å². The molecule has 0 spiro atoms. The van der Waals surface area contributed by atoms with Crippen LogP contribution in [0.15, 0.2) is 40.5 Å². The van der Waals surface area contributed by atoms with Gasteiger partial charge in [-0.1, -0.05) is 25.3 Å². The summed E-state index contributed by atoms with van der Waals surface area (Å²) in [5, 5.41) is 6.82. The zero-order chi connectivity index (χ0) is 14.0. The molecule has 1 aromatic rings. The van der Waals surface area contributed by atoms with Crippen LogP contribution in [0.5, 0.6) is 0 Å². The van der Waals surface area contributed by atoms with Gasteiger partial charge in [0.15, 0.2) is 5.96 Å². The van der Waals surface area contributed by atoms with Gasteiger partial charge in [0.25, 0.3) is 0 Å². The molecule has 4 nitrogen and oxygen atoms in total. The fourth-order valence-electron chi connectivity index (χ4n) is 2.49. The van der Waals surface area contributed by atoms with Crippen molar-refractivity contribution in [3.63, 3.8) is 0 Å². The molecule has 0 aliphatic heterocycles. The molecule has 1 heterocycles. The zero-order valence-corrected chi connectivity index (χ0v) is 14.8. The van der Waals surface area contributed by atoms with Gasteiger partial charge in [-0.15, -0.1) is 30.6 Å². The molecule has 1 aliphatic carbocycles. The molecule has 0 amide bonds. The number of aliphatic imine (C=N–C) groups is 1. The SMILES string of the molecule is C=CCNC(=NCCc1ccco1)NC1CCCCC1.I. The lowest BCUT2D eigenvalue weighted by molar-refractivity contribution is 0.410. The lowest BCUT2D eigenvalue weighted by atomic mass is 9.96. The summed E-state index contributed by atoms with van der Waals surface area (Å²) in [7, 11) is 0. The first-order valence-corrected chi connectivity index (χ1v) is 7.56. The largest absolute Gasteiger partial charge is 0.469 e. The monoisotopic (exact) mass is 403 g/mol. The molecule has 2 rings (SSSR count). The van der Waals surface area contributed by atoms with Crippen LogP contribution in [-0.4, -0.2) is 25.1 Å². The number of rotatable bonds is 6. The Morgan fingerprint density at radius 3 is 2.86 bits per heavy atom. The molecular weight excluding hydrogens is 377 g/mol. The van der Waals surface area contributed by atoms with Crippen LogP contribution >= 0.6 is 24.0 Å². The van der Waals surface area contributed by atoms with E-state index in [0.717, 1.165) is 31.2 Å². The van der Waals surface area contributed by atoms with Crippen LogP contribution in [0.4, 0.5) is 0 Å². The van der Waals surface area contributed by atoms with E-state index >= 15 is 0 Å². The Labute approximate surface area is 144 Å². The molecule has 0 saturated heterocycles. The van der Waals surface area contributed by atoms with E-state index in [9.17, 15) is 0 Å². The molecule has 0 bridgehead atoms. The summed E-state index contributed by atoms with van der Waals surface area (Å²) in [6.07, 6.45) is 10.9. The third-order valence-electron chi connectivity index (χ3n) is 3.57.